The first-order valence-corrected chi connectivity index (χ1v) is 5.53. The molecule has 2 aromatic heterocycles. The van der Waals surface area contributed by atoms with E-state index in [1.165, 1.54) is 6.20 Å². The summed E-state index contributed by atoms with van der Waals surface area (Å²) >= 11 is 6.22. The minimum Gasteiger partial charge on any atom is -0.394 e. The second-order valence-corrected chi connectivity index (χ2v) is 4.30. The van der Waals surface area contributed by atoms with Gasteiger partial charge in [0.1, 0.15) is 5.69 Å². The number of aromatic amines is 1. The molecule has 1 aromatic carbocycles. The summed E-state index contributed by atoms with van der Waals surface area (Å²) in [7, 11) is 0. The topological polar surface area (TPSA) is 67.8 Å². The summed E-state index contributed by atoms with van der Waals surface area (Å²) < 4.78 is 5.20. The van der Waals surface area contributed by atoms with Crippen LogP contribution in [0.3, 0.4) is 0 Å². The van der Waals surface area contributed by atoms with Gasteiger partial charge in [0.2, 0.25) is 0 Å². The third-order valence-corrected chi connectivity index (χ3v) is 3.10. The summed E-state index contributed by atoms with van der Waals surface area (Å²) in [6, 6.07) is 5.70. The highest BCUT2D eigenvalue weighted by atomic mass is 35.5. The number of nitrogens with two attached hydrogens (primary N) is 1. The molecule has 3 N–H and O–H groups in total. The van der Waals surface area contributed by atoms with Crippen molar-refractivity contribution in [1.82, 2.24) is 10.1 Å². The lowest BCUT2D eigenvalue weighted by Crippen LogP contribution is -1.85. The van der Waals surface area contributed by atoms with E-state index in [0.717, 1.165) is 22.2 Å². The maximum atomic E-state index is 6.22. The van der Waals surface area contributed by atoms with Crippen LogP contribution in [0.5, 0.6) is 0 Å². The highest BCUT2D eigenvalue weighted by Crippen LogP contribution is 2.38. The first-order chi connectivity index (χ1) is 8.18. The quantitative estimate of drug-likeness (QED) is 0.693. The monoisotopic (exact) mass is 247 g/mol. The number of halogens is 1. The van der Waals surface area contributed by atoms with Crippen LogP contribution in [-0.4, -0.2) is 10.1 Å². The van der Waals surface area contributed by atoms with E-state index in [2.05, 4.69) is 10.1 Å². The molecular weight excluding hydrogens is 238 g/mol. The molecule has 2 heterocycles. The molecule has 0 aliphatic carbocycles. The number of benzene rings is 1. The van der Waals surface area contributed by atoms with Crippen molar-refractivity contribution in [2.75, 3.05) is 5.73 Å². The minimum absolute atomic E-state index is 0.508. The first kappa shape index (κ1) is 10.2. The zero-order valence-electron chi connectivity index (χ0n) is 9.12. The SMILES string of the molecule is Cc1[nH]c2cccc(Cl)c2c1-c1oncc1N. The van der Waals surface area contributed by atoms with Crippen LogP contribution >= 0.6 is 11.6 Å². The van der Waals surface area contributed by atoms with E-state index in [0.29, 0.717) is 16.5 Å². The van der Waals surface area contributed by atoms with Gasteiger partial charge in [-0.15, -0.1) is 0 Å². The van der Waals surface area contributed by atoms with Crippen LogP contribution in [0, 0.1) is 6.92 Å². The number of anilines is 1. The average Bonchev–Trinajstić information content (AvgIpc) is 2.82. The van der Waals surface area contributed by atoms with E-state index >= 15 is 0 Å². The Hall–Kier alpha value is -1.94. The Kier molecular flexibility index (Phi) is 2.12. The van der Waals surface area contributed by atoms with E-state index in [1.807, 2.05) is 25.1 Å². The maximum absolute atomic E-state index is 6.22. The zero-order chi connectivity index (χ0) is 12.0. The lowest BCUT2D eigenvalue weighted by molar-refractivity contribution is 0.432. The fourth-order valence-electron chi connectivity index (χ4n) is 2.06. The van der Waals surface area contributed by atoms with Gasteiger partial charge in [-0.05, 0) is 19.1 Å². The molecule has 5 heteroatoms. The van der Waals surface area contributed by atoms with E-state index in [1.54, 1.807) is 0 Å². The van der Waals surface area contributed by atoms with Gasteiger partial charge in [-0.25, -0.2) is 0 Å². The number of H-pyrrole nitrogens is 1. The van der Waals surface area contributed by atoms with Crippen molar-refractivity contribution in [3.63, 3.8) is 0 Å². The zero-order valence-corrected chi connectivity index (χ0v) is 9.88. The molecule has 0 fully saturated rings. The molecule has 0 unspecified atom stereocenters. The highest BCUT2D eigenvalue weighted by molar-refractivity contribution is 6.36. The minimum atomic E-state index is 0.508. The number of rotatable bonds is 1. The molecule has 86 valence electrons. The molecule has 0 amide bonds. The second-order valence-electron chi connectivity index (χ2n) is 3.90. The number of fused-ring (bicyclic) bond motifs is 1. The fourth-order valence-corrected chi connectivity index (χ4v) is 2.32. The van der Waals surface area contributed by atoms with Crippen LogP contribution in [0.25, 0.3) is 22.2 Å². The van der Waals surface area contributed by atoms with Crippen LogP contribution in [0.15, 0.2) is 28.9 Å². The molecule has 17 heavy (non-hydrogen) atoms. The van der Waals surface area contributed by atoms with Crippen molar-refractivity contribution >= 4 is 28.2 Å². The second kappa shape index (κ2) is 3.53. The Labute approximate surface area is 102 Å². The molecule has 3 rings (SSSR count). The molecule has 4 nitrogen and oxygen atoms in total. The van der Waals surface area contributed by atoms with Crippen molar-refractivity contribution in [1.29, 1.82) is 0 Å². The Morgan fingerprint density at radius 3 is 2.94 bits per heavy atom. The number of nitrogen functional groups attached to an aromatic ring is 1. The number of hydrogen-bond acceptors (Lipinski definition) is 3. The standard InChI is InChI=1S/C12H10ClN3O/c1-6-10(12-8(14)5-15-17-12)11-7(13)3-2-4-9(11)16-6/h2-5,16H,14H2,1H3. The van der Waals surface area contributed by atoms with Crippen molar-refractivity contribution < 1.29 is 4.52 Å². The number of hydrogen-bond donors (Lipinski definition) is 2. The van der Waals surface area contributed by atoms with Gasteiger partial charge in [-0.2, -0.15) is 0 Å². The Morgan fingerprint density at radius 2 is 2.24 bits per heavy atom. The van der Waals surface area contributed by atoms with Gasteiger partial charge in [0, 0.05) is 16.6 Å². The normalized spacial score (nSPS) is 11.2. The van der Waals surface area contributed by atoms with Gasteiger partial charge in [-0.3, -0.25) is 0 Å². The van der Waals surface area contributed by atoms with Crippen molar-refractivity contribution in [3.8, 4) is 11.3 Å². The molecule has 0 aliphatic rings. The van der Waals surface area contributed by atoms with Gasteiger partial charge in [0.15, 0.2) is 5.76 Å². The molecule has 0 atom stereocenters. The molecule has 0 spiro atoms. The Bertz CT molecular complexity index is 699. The van der Waals surface area contributed by atoms with E-state index in [4.69, 9.17) is 21.9 Å². The summed E-state index contributed by atoms with van der Waals surface area (Å²) in [5.41, 5.74) is 9.13. The summed E-state index contributed by atoms with van der Waals surface area (Å²) in [5.74, 6) is 0.557. The predicted molar refractivity (Wildman–Crippen MR) is 68.0 cm³/mol. The molecule has 0 saturated heterocycles. The van der Waals surface area contributed by atoms with Crippen molar-refractivity contribution in [2.45, 2.75) is 6.92 Å². The maximum Gasteiger partial charge on any atom is 0.192 e. The van der Waals surface area contributed by atoms with Gasteiger partial charge in [0.05, 0.1) is 16.8 Å². The Balaban J connectivity index is 2.44. The molecule has 0 aliphatic heterocycles. The van der Waals surface area contributed by atoms with Crippen LogP contribution < -0.4 is 5.73 Å². The van der Waals surface area contributed by atoms with Crippen LogP contribution in [0.2, 0.25) is 5.02 Å². The third kappa shape index (κ3) is 1.41. The average molecular weight is 248 g/mol. The first-order valence-electron chi connectivity index (χ1n) is 5.16. The summed E-state index contributed by atoms with van der Waals surface area (Å²) in [4.78, 5) is 3.26. The largest absolute Gasteiger partial charge is 0.394 e. The van der Waals surface area contributed by atoms with Gasteiger partial charge >= 0.3 is 0 Å². The number of aryl methyl sites for hydroxylation is 1. The highest BCUT2D eigenvalue weighted by Gasteiger charge is 2.18. The molecule has 0 bridgehead atoms. The van der Waals surface area contributed by atoms with Gasteiger partial charge < -0.3 is 15.2 Å². The van der Waals surface area contributed by atoms with Gasteiger partial charge in [0.25, 0.3) is 0 Å². The van der Waals surface area contributed by atoms with E-state index in [9.17, 15) is 0 Å². The molecule has 3 aromatic rings. The van der Waals surface area contributed by atoms with E-state index < -0.39 is 0 Å². The number of nitrogens with one attached hydrogen (secondary N) is 1. The predicted octanol–water partition coefficient (Wildman–Crippen LogP) is 3.37. The molecule has 0 radical (unpaired) electrons. The van der Waals surface area contributed by atoms with Crippen molar-refractivity contribution in [2.24, 2.45) is 0 Å². The fraction of sp³-hybridized carbons (Fsp3) is 0.0833. The molecular formula is C12H10ClN3O. The lowest BCUT2D eigenvalue weighted by atomic mass is 10.1. The molecule has 0 saturated carbocycles. The Morgan fingerprint density at radius 1 is 1.41 bits per heavy atom. The number of nitrogens with zero attached hydrogens (tertiary/aromatic N) is 1. The van der Waals surface area contributed by atoms with Gasteiger partial charge in [-0.1, -0.05) is 22.8 Å². The summed E-state index contributed by atoms with van der Waals surface area (Å²) in [5, 5.41) is 5.27. The lowest BCUT2D eigenvalue weighted by Gasteiger charge is -1.99. The van der Waals surface area contributed by atoms with Crippen LogP contribution in [-0.2, 0) is 0 Å². The number of aromatic nitrogens is 2. The van der Waals surface area contributed by atoms with Crippen LogP contribution in [0.1, 0.15) is 5.69 Å². The smallest absolute Gasteiger partial charge is 0.192 e. The summed E-state index contributed by atoms with van der Waals surface area (Å²) in [6.45, 7) is 1.95. The van der Waals surface area contributed by atoms with E-state index in [-0.39, 0.29) is 0 Å². The third-order valence-electron chi connectivity index (χ3n) is 2.79. The van der Waals surface area contributed by atoms with Crippen LogP contribution in [0.4, 0.5) is 5.69 Å². The van der Waals surface area contributed by atoms with Crippen molar-refractivity contribution in [3.05, 3.63) is 35.1 Å². The summed E-state index contributed by atoms with van der Waals surface area (Å²) in [6.07, 6.45) is 1.49.